The van der Waals surface area contributed by atoms with E-state index in [9.17, 15) is 8.42 Å². The number of hydrogen-bond acceptors (Lipinski definition) is 4. The molecule has 0 bridgehead atoms. The highest BCUT2D eigenvalue weighted by atomic mass is 32.2. The number of imidazole rings is 1. The topological polar surface area (TPSA) is 63.9 Å². The number of sulfonamides is 1. The molecular formula is C19H29N3O3S. The average Bonchev–Trinajstić information content (AvgIpc) is 2.92. The van der Waals surface area contributed by atoms with Crippen molar-refractivity contribution in [2.45, 2.75) is 45.4 Å². The van der Waals surface area contributed by atoms with Gasteiger partial charge in [-0.25, -0.2) is 13.4 Å². The summed E-state index contributed by atoms with van der Waals surface area (Å²) in [6.45, 7) is 8.18. The zero-order valence-electron chi connectivity index (χ0n) is 16.3. The number of nitrogens with zero attached hydrogens (tertiary/aromatic N) is 3. The molecular weight excluding hydrogens is 350 g/mol. The predicted octanol–water partition coefficient (Wildman–Crippen LogP) is 3.00. The number of ether oxygens (including phenoxy) is 1. The van der Waals surface area contributed by atoms with Gasteiger partial charge in [0.05, 0.1) is 17.6 Å². The minimum Gasteiger partial charge on any atom is -0.381 e. The van der Waals surface area contributed by atoms with Crippen molar-refractivity contribution in [2.24, 2.45) is 5.92 Å². The fourth-order valence-electron chi connectivity index (χ4n) is 3.49. The standard InChI is InChI=1S/C19H29N3O3S/c1-19(2,3)18-16(12-14-7-10-25-11-8-14)22-9-6-15(13-17(22)20-18)21(4)26(5,23)24/h6,9,13-14H,7-8,10-12H2,1-5H3. The summed E-state index contributed by atoms with van der Waals surface area (Å²) < 4.78 is 32.6. The molecule has 7 heteroatoms. The van der Waals surface area contributed by atoms with Crippen molar-refractivity contribution < 1.29 is 13.2 Å². The molecule has 6 nitrogen and oxygen atoms in total. The Kier molecular flexibility index (Phi) is 5.05. The zero-order chi connectivity index (χ0) is 19.1. The van der Waals surface area contributed by atoms with Crippen LogP contribution in [0.5, 0.6) is 0 Å². The molecule has 2 aromatic heterocycles. The van der Waals surface area contributed by atoms with Crippen LogP contribution >= 0.6 is 0 Å². The fourth-order valence-corrected chi connectivity index (χ4v) is 3.99. The van der Waals surface area contributed by atoms with Gasteiger partial charge in [-0.3, -0.25) is 4.31 Å². The minimum atomic E-state index is -3.30. The maximum atomic E-state index is 11.8. The first kappa shape index (κ1) is 19.2. The van der Waals surface area contributed by atoms with Crippen molar-refractivity contribution in [2.75, 3.05) is 30.8 Å². The second-order valence-electron chi connectivity index (χ2n) is 8.26. The van der Waals surface area contributed by atoms with Gasteiger partial charge in [-0.15, -0.1) is 0 Å². The van der Waals surface area contributed by atoms with Crippen LogP contribution in [0.1, 0.15) is 45.0 Å². The second kappa shape index (κ2) is 6.85. The van der Waals surface area contributed by atoms with Crippen LogP contribution in [-0.2, 0) is 26.6 Å². The highest BCUT2D eigenvalue weighted by Gasteiger charge is 2.27. The Morgan fingerprint density at radius 2 is 1.96 bits per heavy atom. The molecule has 0 aromatic carbocycles. The summed E-state index contributed by atoms with van der Waals surface area (Å²) in [5, 5.41) is 0. The quantitative estimate of drug-likeness (QED) is 0.819. The van der Waals surface area contributed by atoms with Crippen LogP contribution in [-0.4, -0.2) is 44.3 Å². The number of aromatic nitrogens is 2. The Hall–Kier alpha value is -1.60. The summed E-state index contributed by atoms with van der Waals surface area (Å²) in [7, 11) is -1.73. The first-order chi connectivity index (χ1) is 12.1. The Morgan fingerprint density at radius 3 is 2.54 bits per heavy atom. The van der Waals surface area contributed by atoms with Crippen LogP contribution < -0.4 is 4.31 Å². The van der Waals surface area contributed by atoms with E-state index in [4.69, 9.17) is 9.72 Å². The molecule has 1 aliphatic rings. The van der Waals surface area contributed by atoms with Gasteiger partial charge in [0.15, 0.2) is 0 Å². The van der Waals surface area contributed by atoms with Crippen molar-refractivity contribution in [1.29, 1.82) is 0 Å². The van der Waals surface area contributed by atoms with E-state index in [-0.39, 0.29) is 5.41 Å². The third kappa shape index (κ3) is 3.88. The summed E-state index contributed by atoms with van der Waals surface area (Å²) in [4.78, 5) is 4.88. The summed E-state index contributed by atoms with van der Waals surface area (Å²) >= 11 is 0. The Bertz CT molecular complexity index is 891. The fraction of sp³-hybridized carbons (Fsp3) is 0.632. The number of pyridine rings is 1. The number of fused-ring (bicyclic) bond motifs is 1. The molecule has 0 saturated carbocycles. The number of rotatable bonds is 4. The van der Waals surface area contributed by atoms with Crippen LogP contribution in [0, 0.1) is 5.92 Å². The SMILES string of the molecule is CN(c1ccn2c(CC3CCOCC3)c(C(C)(C)C)nc2c1)S(C)(=O)=O. The molecule has 0 unspecified atom stereocenters. The normalized spacial score (nSPS) is 17.0. The lowest BCUT2D eigenvalue weighted by Crippen LogP contribution is -2.24. The van der Waals surface area contributed by atoms with Gasteiger partial charge in [0.1, 0.15) is 5.65 Å². The van der Waals surface area contributed by atoms with Gasteiger partial charge in [-0.2, -0.15) is 0 Å². The smallest absolute Gasteiger partial charge is 0.231 e. The first-order valence-electron chi connectivity index (χ1n) is 9.10. The van der Waals surface area contributed by atoms with E-state index in [1.54, 1.807) is 7.05 Å². The average molecular weight is 380 g/mol. The molecule has 0 amide bonds. The molecule has 3 heterocycles. The van der Waals surface area contributed by atoms with Crippen molar-refractivity contribution in [3.05, 3.63) is 29.7 Å². The van der Waals surface area contributed by atoms with E-state index in [2.05, 4.69) is 25.2 Å². The van der Waals surface area contributed by atoms with Crippen molar-refractivity contribution in [3.8, 4) is 0 Å². The van der Waals surface area contributed by atoms with Gasteiger partial charge in [0, 0.05) is 43.6 Å². The molecule has 1 fully saturated rings. The van der Waals surface area contributed by atoms with Gasteiger partial charge < -0.3 is 9.14 Å². The molecule has 1 saturated heterocycles. The predicted molar refractivity (Wildman–Crippen MR) is 104 cm³/mol. The largest absolute Gasteiger partial charge is 0.381 e. The molecule has 0 spiro atoms. The molecule has 3 rings (SSSR count). The van der Waals surface area contributed by atoms with E-state index in [1.165, 1.54) is 16.3 Å². The van der Waals surface area contributed by atoms with E-state index in [1.807, 2.05) is 18.3 Å². The van der Waals surface area contributed by atoms with Crippen molar-refractivity contribution in [1.82, 2.24) is 9.38 Å². The third-order valence-electron chi connectivity index (χ3n) is 5.10. The molecule has 144 valence electrons. The van der Waals surface area contributed by atoms with Crippen molar-refractivity contribution in [3.63, 3.8) is 0 Å². The summed E-state index contributed by atoms with van der Waals surface area (Å²) in [6.07, 6.45) is 6.28. The molecule has 0 N–H and O–H groups in total. The van der Waals surface area contributed by atoms with Crippen LogP contribution in [0.3, 0.4) is 0 Å². The lowest BCUT2D eigenvalue weighted by Gasteiger charge is -2.24. The Labute approximate surface area is 156 Å². The summed E-state index contributed by atoms with van der Waals surface area (Å²) in [5.41, 5.74) is 3.67. The molecule has 26 heavy (non-hydrogen) atoms. The van der Waals surface area contributed by atoms with Crippen LogP contribution in [0.25, 0.3) is 5.65 Å². The Balaban J connectivity index is 2.06. The number of hydrogen-bond donors (Lipinski definition) is 0. The summed E-state index contributed by atoms with van der Waals surface area (Å²) in [6, 6.07) is 3.69. The van der Waals surface area contributed by atoms with Crippen molar-refractivity contribution >= 4 is 21.4 Å². The van der Waals surface area contributed by atoms with E-state index >= 15 is 0 Å². The van der Waals surface area contributed by atoms with Gasteiger partial charge in [-0.1, -0.05) is 20.8 Å². The molecule has 2 aromatic rings. The highest BCUT2D eigenvalue weighted by molar-refractivity contribution is 7.92. The first-order valence-corrected chi connectivity index (χ1v) is 11.0. The van der Waals surface area contributed by atoms with E-state index in [0.717, 1.165) is 43.8 Å². The van der Waals surface area contributed by atoms with Gasteiger partial charge >= 0.3 is 0 Å². The minimum absolute atomic E-state index is 0.0740. The maximum absolute atomic E-state index is 11.8. The lowest BCUT2D eigenvalue weighted by atomic mass is 9.86. The van der Waals surface area contributed by atoms with Gasteiger partial charge in [0.2, 0.25) is 10.0 Å². The Morgan fingerprint density at radius 1 is 1.31 bits per heavy atom. The monoisotopic (exact) mass is 379 g/mol. The third-order valence-corrected chi connectivity index (χ3v) is 6.31. The zero-order valence-corrected chi connectivity index (χ0v) is 17.1. The molecule has 0 aliphatic carbocycles. The summed E-state index contributed by atoms with van der Waals surface area (Å²) in [5.74, 6) is 0.600. The molecule has 1 aliphatic heterocycles. The van der Waals surface area contributed by atoms with E-state index in [0.29, 0.717) is 11.6 Å². The highest BCUT2D eigenvalue weighted by Crippen LogP contribution is 2.31. The molecule has 0 atom stereocenters. The van der Waals surface area contributed by atoms with Crippen LogP contribution in [0.2, 0.25) is 0 Å². The maximum Gasteiger partial charge on any atom is 0.231 e. The number of anilines is 1. The second-order valence-corrected chi connectivity index (χ2v) is 10.3. The van der Waals surface area contributed by atoms with Gasteiger partial charge in [0.25, 0.3) is 0 Å². The van der Waals surface area contributed by atoms with Crippen LogP contribution in [0.15, 0.2) is 18.3 Å². The lowest BCUT2D eigenvalue weighted by molar-refractivity contribution is 0.0661. The van der Waals surface area contributed by atoms with Crippen LogP contribution in [0.4, 0.5) is 5.69 Å². The van der Waals surface area contributed by atoms with Gasteiger partial charge in [-0.05, 0) is 31.2 Å². The van der Waals surface area contributed by atoms with E-state index < -0.39 is 10.0 Å². The molecule has 0 radical (unpaired) electrons.